The van der Waals surface area contributed by atoms with Gasteiger partial charge in [0, 0.05) is 37.9 Å². The Labute approximate surface area is 269 Å². The molecule has 1 saturated heterocycles. The van der Waals surface area contributed by atoms with E-state index in [0.29, 0.717) is 32.3 Å². The lowest BCUT2D eigenvalue weighted by Gasteiger charge is -2.27. The number of allylic oxidation sites excluding steroid dienone is 1. The second kappa shape index (κ2) is 16.0. The van der Waals surface area contributed by atoms with Gasteiger partial charge in [-0.05, 0) is 68.5 Å². The highest BCUT2D eigenvalue weighted by atomic mass is 28.3. The summed E-state index contributed by atoms with van der Waals surface area (Å²) in [5.41, 5.74) is 4.46. The molecule has 8 nitrogen and oxygen atoms in total. The van der Waals surface area contributed by atoms with Gasteiger partial charge in [-0.3, -0.25) is 0 Å². The number of hydrogen-bond donors (Lipinski definition) is 1. The zero-order valence-electron chi connectivity index (χ0n) is 27.4. The lowest BCUT2D eigenvalue weighted by molar-refractivity contribution is -0.145. The Kier molecular flexibility index (Phi) is 11.9. The summed E-state index contributed by atoms with van der Waals surface area (Å²) in [5.74, 6) is 0.322. The minimum Gasteiger partial charge on any atom is -0.481 e. The zero-order chi connectivity index (χ0) is 31.6. The predicted octanol–water partition coefficient (Wildman–Crippen LogP) is 6.80. The monoisotopic (exact) mass is 634 g/mol. The first-order chi connectivity index (χ1) is 21.8. The summed E-state index contributed by atoms with van der Waals surface area (Å²) in [5, 5.41) is 4.69. The number of aromatic nitrogens is 1. The number of rotatable bonds is 16. The van der Waals surface area contributed by atoms with Crippen LogP contribution in [0.2, 0.25) is 25.7 Å². The molecule has 0 saturated carbocycles. The first-order valence-electron chi connectivity index (χ1n) is 16.5. The lowest BCUT2D eigenvalue weighted by atomic mass is 9.91. The SMILES string of the molecule is CCOC(=O)COc1cc2c(ccn2COCC[Si](C)(C)C)cc1C1=CCC(OC[C@@H]2NCC[C@H]2OCc2ccccc2)CC1. The third-order valence-electron chi connectivity index (χ3n) is 8.56. The largest absolute Gasteiger partial charge is 0.481 e. The van der Waals surface area contributed by atoms with E-state index in [1.54, 1.807) is 6.92 Å². The maximum absolute atomic E-state index is 12.2. The van der Waals surface area contributed by atoms with Crippen LogP contribution in [-0.2, 0) is 37.1 Å². The molecule has 9 heteroatoms. The molecule has 1 fully saturated rings. The highest BCUT2D eigenvalue weighted by molar-refractivity contribution is 6.76. The Hall–Kier alpha value is -2.95. The summed E-state index contributed by atoms with van der Waals surface area (Å²) in [6.45, 7) is 12.5. The molecule has 244 valence electrons. The molecule has 1 aliphatic heterocycles. The molecule has 45 heavy (non-hydrogen) atoms. The number of hydrogen-bond acceptors (Lipinski definition) is 7. The van der Waals surface area contributed by atoms with Gasteiger partial charge in [0.25, 0.3) is 0 Å². The van der Waals surface area contributed by atoms with Crippen LogP contribution in [0.25, 0.3) is 16.5 Å². The number of carbonyl (C=O) groups is 1. The molecule has 0 radical (unpaired) electrons. The van der Waals surface area contributed by atoms with Gasteiger partial charge in [-0.2, -0.15) is 0 Å². The summed E-state index contributed by atoms with van der Waals surface area (Å²) in [7, 11) is -1.15. The average molecular weight is 635 g/mol. The number of benzene rings is 2. The van der Waals surface area contributed by atoms with Crippen molar-refractivity contribution >= 4 is 30.5 Å². The molecule has 2 heterocycles. The molecule has 0 spiro atoms. The van der Waals surface area contributed by atoms with Crippen LogP contribution in [0.15, 0.2) is 60.8 Å². The van der Waals surface area contributed by atoms with Crippen LogP contribution in [0, 0.1) is 0 Å². The Morgan fingerprint density at radius 3 is 2.67 bits per heavy atom. The fourth-order valence-corrected chi connectivity index (χ4v) is 6.67. The summed E-state index contributed by atoms with van der Waals surface area (Å²) < 4.78 is 32.0. The molecule has 3 atom stereocenters. The number of ether oxygens (including phenoxy) is 5. The van der Waals surface area contributed by atoms with Crippen LogP contribution < -0.4 is 10.1 Å². The van der Waals surface area contributed by atoms with Crippen molar-refractivity contribution in [1.82, 2.24) is 9.88 Å². The van der Waals surface area contributed by atoms with Crippen molar-refractivity contribution in [2.24, 2.45) is 0 Å². The van der Waals surface area contributed by atoms with E-state index in [0.717, 1.165) is 61.3 Å². The van der Waals surface area contributed by atoms with Crippen LogP contribution in [0.3, 0.4) is 0 Å². The van der Waals surface area contributed by atoms with Gasteiger partial charge >= 0.3 is 5.97 Å². The molecule has 0 bridgehead atoms. The third-order valence-corrected chi connectivity index (χ3v) is 10.3. The second-order valence-electron chi connectivity index (χ2n) is 13.3. The minimum atomic E-state index is -1.15. The number of fused-ring (bicyclic) bond motifs is 1. The number of esters is 1. The summed E-state index contributed by atoms with van der Waals surface area (Å²) in [6, 6.07) is 18.0. The van der Waals surface area contributed by atoms with Crippen molar-refractivity contribution in [1.29, 1.82) is 0 Å². The molecule has 1 aliphatic carbocycles. The van der Waals surface area contributed by atoms with Crippen molar-refractivity contribution < 1.29 is 28.5 Å². The Morgan fingerprint density at radius 1 is 1.07 bits per heavy atom. The van der Waals surface area contributed by atoms with Crippen LogP contribution in [-0.4, -0.2) is 69.8 Å². The van der Waals surface area contributed by atoms with Crippen LogP contribution >= 0.6 is 0 Å². The van der Waals surface area contributed by atoms with Gasteiger partial charge in [0.2, 0.25) is 0 Å². The quantitative estimate of drug-likeness (QED) is 0.106. The molecule has 5 rings (SSSR count). The topological polar surface area (TPSA) is 80.2 Å². The molecule has 2 aliphatic rings. The molecule has 1 N–H and O–H groups in total. The molecule has 1 unspecified atom stereocenters. The smallest absolute Gasteiger partial charge is 0.344 e. The van der Waals surface area contributed by atoms with Gasteiger partial charge < -0.3 is 33.6 Å². The van der Waals surface area contributed by atoms with E-state index in [1.807, 2.05) is 24.3 Å². The Morgan fingerprint density at radius 2 is 1.91 bits per heavy atom. The van der Waals surface area contributed by atoms with Crippen molar-refractivity contribution in [3.63, 3.8) is 0 Å². The van der Waals surface area contributed by atoms with Gasteiger partial charge in [-0.1, -0.05) is 56.0 Å². The highest BCUT2D eigenvalue weighted by Crippen LogP contribution is 2.37. The first kappa shape index (κ1) is 33.4. The Bertz CT molecular complexity index is 1420. The van der Waals surface area contributed by atoms with Crippen molar-refractivity contribution in [2.75, 3.05) is 33.0 Å². The maximum Gasteiger partial charge on any atom is 0.344 e. The molecule has 3 aromatic rings. The van der Waals surface area contributed by atoms with Gasteiger partial charge in [-0.25, -0.2) is 4.79 Å². The van der Waals surface area contributed by atoms with Crippen LogP contribution in [0.5, 0.6) is 5.75 Å². The Balaban J connectivity index is 1.21. The average Bonchev–Trinajstić information content (AvgIpc) is 3.66. The summed E-state index contributed by atoms with van der Waals surface area (Å²) in [4.78, 5) is 12.2. The third kappa shape index (κ3) is 9.77. The normalized spacial score (nSPS) is 20.4. The fraction of sp³-hybridized carbons (Fsp3) is 0.528. The van der Waals surface area contributed by atoms with Gasteiger partial charge in [-0.15, -0.1) is 0 Å². The van der Waals surface area contributed by atoms with E-state index in [9.17, 15) is 4.79 Å². The minimum absolute atomic E-state index is 0.124. The van der Waals surface area contributed by atoms with E-state index in [2.05, 4.69) is 66.1 Å². The molecular formula is C36H50N2O6Si. The predicted molar refractivity (Wildman–Crippen MR) is 181 cm³/mol. The van der Waals surface area contributed by atoms with Crippen molar-refractivity contribution in [3.05, 3.63) is 71.9 Å². The van der Waals surface area contributed by atoms with Crippen LogP contribution in [0.1, 0.15) is 43.7 Å². The molecule has 0 amide bonds. The van der Waals surface area contributed by atoms with E-state index in [-0.39, 0.29) is 30.8 Å². The zero-order valence-corrected chi connectivity index (χ0v) is 28.4. The standard InChI is InChI=1S/C36H50N2O6Si/c1-5-41-36(39)25-44-35-22-33-29(16-18-38(33)26-40-19-20-45(2,3)4)21-31(35)28-11-13-30(14-12-28)42-24-32-34(15-17-37-32)43-23-27-9-7-6-8-10-27/h6-11,16,18,21-22,30,32,34,37H,5,12-15,17,19-20,23-26H2,1-4H3/t30?,32-,34+/m0/s1. The maximum atomic E-state index is 12.2. The van der Waals surface area contributed by atoms with E-state index in [4.69, 9.17) is 23.7 Å². The molecular weight excluding hydrogens is 584 g/mol. The van der Waals surface area contributed by atoms with Crippen LogP contribution in [0.4, 0.5) is 0 Å². The molecule has 2 aromatic carbocycles. The summed E-state index contributed by atoms with van der Waals surface area (Å²) in [6.07, 6.45) is 8.28. The first-order valence-corrected chi connectivity index (χ1v) is 20.2. The number of nitrogens with zero attached hydrogens (tertiary/aromatic N) is 1. The van der Waals surface area contributed by atoms with E-state index < -0.39 is 8.07 Å². The van der Waals surface area contributed by atoms with Gasteiger partial charge in [0.15, 0.2) is 6.61 Å². The van der Waals surface area contributed by atoms with E-state index in [1.165, 1.54) is 11.1 Å². The van der Waals surface area contributed by atoms with E-state index >= 15 is 0 Å². The van der Waals surface area contributed by atoms with Gasteiger partial charge in [0.1, 0.15) is 12.5 Å². The summed E-state index contributed by atoms with van der Waals surface area (Å²) >= 11 is 0. The second-order valence-corrected chi connectivity index (χ2v) is 18.9. The highest BCUT2D eigenvalue weighted by Gasteiger charge is 2.29. The lowest BCUT2D eigenvalue weighted by Crippen LogP contribution is -2.38. The van der Waals surface area contributed by atoms with Gasteiger partial charge in [0.05, 0.1) is 43.6 Å². The molecule has 1 aromatic heterocycles. The van der Waals surface area contributed by atoms with Crippen molar-refractivity contribution in [2.45, 2.75) is 89.9 Å². The fourth-order valence-electron chi connectivity index (χ4n) is 5.91. The number of carbonyl (C=O) groups excluding carboxylic acids is 1. The number of nitrogens with one attached hydrogen (secondary N) is 1. The van der Waals surface area contributed by atoms with Crippen molar-refractivity contribution in [3.8, 4) is 5.75 Å².